The van der Waals surface area contributed by atoms with Crippen LogP contribution < -0.4 is 5.32 Å². The summed E-state index contributed by atoms with van der Waals surface area (Å²) in [6, 6.07) is 7.40. The van der Waals surface area contributed by atoms with Crippen molar-refractivity contribution in [3.8, 4) is 0 Å². The van der Waals surface area contributed by atoms with Crippen LogP contribution in [0.15, 0.2) is 24.3 Å². The van der Waals surface area contributed by atoms with Gasteiger partial charge < -0.3 is 10.1 Å². The van der Waals surface area contributed by atoms with Crippen molar-refractivity contribution in [3.05, 3.63) is 33.4 Å². The molecule has 19 heavy (non-hydrogen) atoms. The number of esters is 1. The van der Waals surface area contributed by atoms with E-state index in [-0.39, 0.29) is 18.6 Å². The van der Waals surface area contributed by atoms with Gasteiger partial charge in [-0.05, 0) is 47.6 Å². The molecule has 0 heterocycles. The lowest BCUT2D eigenvalue weighted by molar-refractivity contribution is -0.124. The minimum absolute atomic E-state index is 0.208. The number of rotatable bonds is 4. The van der Waals surface area contributed by atoms with Crippen LogP contribution in [0.3, 0.4) is 0 Å². The second-order valence-electron chi connectivity index (χ2n) is 4.60. The third-order valence-corrected chi connectivity index (χ3v) is 4.09. The Hall–Kier alpha value is -1.11. The van der Waals surface area contributed by atoms with E-state index >= 15 is 0 Å². The summed E-state index contributed by atoms with van der Waals surface area (Å²) < 4.78 is 5.85. The monoisotopic (exact) mass is 373 g/mol. The second-order valence-corrected chi connectivity index (χ2v) is 5.77. The van der Waals surface area contributed by atoms with Crippen molar-refractivity contribution < 1.29 is 14.3 Å². The van der Waals surface area contributed by atoms with Crippen molar-refractivity contribution in [1.29, 1.82) is 0 Å². The molecule has 4 nitrogen and oxygen atoms in total. The lowest BCUT2D eigenvalue weighted by Gasteiger charge is -2.12. The van der Waals surface area contributed by atoms with Gasteiger partial charge >= 0.3 is 5.97 Å². The number of ether oxygens (including phenoxy) is 1. The summed E-state index contributed by atoms with van der Waals surface area (Å²) in [5.41, 5.74) is 0.497. The predicted octanol–water partition coefficient (Wildman–Crippen LogP) is 2.51. The zero-order valence-electron chi connectivity index (χ0n) is 10.5. The Morgan fingerprint density at radius 2 is 1.95 bits per heavy atom. The van der Waals surface area contributed by atoms with Gasteiger partial charge in [0.15, 0.2) is 6.61 Å². The van der Waals surface area contributed by atoms with E-state index in [0.717, 1.165) is 29.3 Å². The zero-order valence-corrected chi connectivity index (χ0v) is 12.7. The molecule has 1 N–H and O–H groups in total. The number of hydrogen-bond donors (Lipinski definition) is 1. The first-order valence-electron chi connectivity index (χ1n) is 6.38. The molecule has 1 aliphatic carbocycles. The lowest BCUT2D eigenvalue weighted by Crippen LogP contribution is -2.35. The van der Waals surface area contributed by atoms with Gasteiger partial charge in [-0.25, -0.2) is 4.79 Å². The highest BCUT2D eigenvalue weighted by atomic mass is 127. The number of carbonyl (C=O) groups is 2. The van der Waals surface area contributed by atoms with Crippen molar-refractivity contribution in [2.24, 2.45) is 0 Å². The fourth-order valence-corrected chi connectivity index (χ4v) is 2.78. The third kappa shape index (κ3) is 4.19. The van der Waals surface area contributed by atoms with Crippen LogP contribution in [-0.4, -0.2) is 24.5 Å². The van der Waals surface area contributed by atoms with E-state index in [4.69, 9.17) is 4.74 Å². The molecule has 102 valence electrons. The minimum atomic E-state index is -0.452. The molecule has 5 heteroatoms. The van der Waals surface area contributed by atoms with Crippen LogP contribution in [-0.2, 0) is 9.53 Å². The van der Waals surface area contributed by atoms with Gasteiger partial charge in [-0.1, -0.05) is 25.0 Å². The fraction of sp³-hybridized carbons (Fsp3) is 0.429. The van der Waals surface area contributed by atoms with E-state index in [1.807, 2.05) is 12.1 Å². The van der Waals surface area contributed by atoms with Crippen LogP contribution in [0.25, 0.3) is 0 Å². The SMILES string of the molecule is O=C(COC(=O)c1ccccc1I)NC1CCCC1. The highest BCUT2D eigenvalue weighted by Crippen LogP contribution is 2.17. The molecule has 0 saturated heterocycles. The van der Waals surface area contributed by atoms with Gasteiger partial charge in [0.05, 0.1) is 5.56 Å². The molecule has 0 aromatic heterocycles. The Morgan fingerprint density at radius 3 is 2.63 bits per heavy atom. The Bertz CT molecular complexity index is 470. The Kier molecular flexibility index (Phi) is 5.18. The molecule has 1 aliphatic rings. The van der Waals surface area contributed by atoms with Crippen molar-refractivity contribution >= 4 is 34.5 Å². The van der Waals surface area contributed by atoms with Crippen LogP contribution in [0.5, 0.6) is 0 Å². The topological polar surface area (TPSA) is 55.4 Å². The predicted molar refractivity (Wildman–Crippen MR) is 79.8 cm³/mol. The molecule has 0 atom stereocenters. The Balaban J connectivity index is 1.80. The maximum Gasteiger partial charge on any atom is 0.339 e. The first-order chi connectivity index (χ1) is 9.16. The Morgan fingerprint density at radius 1 is 1.26 bits per heavy atom. The van der Waals surface area contributed by atoms with Crippen LogP contribution in [0.2, 0.25) is 0 Å². The molecule has 1 aromatic rings. The van der Waals surface area contributed by atoms with Gasteiger partial charge in [0.25, 0.3) is 5.91 Å². The molecule has 0 spiro atoms. The summed E-state index contributed by atoms with van der Waals surface area (Å²) in [7, 11) is 0. The molecule has 0 radical (unpaired) electrons. The standard InChI is InChI=1S/C14H16INO3/c15-12-8-4-3-7-11(12)14(18)19-9-13(17)16-10-5-1-2-6-10/h3-4,7-8,10H,1-2,5-6,9H2,(H,16,17). The molecular weight excluding hydrogens is 357 g/mol. The molecule has 1 amide bonds. The normalized spacial score (nSPS) is 15.2. The second kappa shape index (κ2) is 6.88. The molecule has 0 aliphatic heterocycles. The highest BCUT2D eigenvalue weighted by molar-refractivity contribution is 14.1. The molecule has 0 bridgehead atoms. The van der Waals surface area contributed by atoms with E-state index in [0.29, 0.717) is 5.56 Å². The van der Waals surface area contributed by atoms with Gasteiger partial charge in [0.2, 0.25) is 0 Å². The summed E-state index contributed by atoms with van der Waals surface area (Å²) in [6.07, 6.45) is 4.37. The van der Waals surface area contributed by atoms with Gasteiger partial charge in [-0.3, -0.25) is 4.79 Å². The summed E-state index contributed by atoms with van der Waals surface area (Å²) >= 11 is 2.07. The van der Waals surface area contributed by atoms with E-state index in [2.05, 4.69) is 27.9 Å². The summed E-state index contributed by atoms with van der Waals surface area (Å²) in [6.45, 7) is -0.208. The summed E-state index contributed by atoms with van der Waals surface area (Å²) in [5.74, 6) is -0.669. The smallest absolute Gasteiger partial charge is 0.339 e. The van der Waals surface area contributed by atoms with E-state index in [1.165, 1.54) is 0 Å². The molecular formula is C14H16INO3. The maximum absolute atomic E-state index is 11.8. The summed E-state index contributed by atoms with van der Waals surface area (Å²) in [4.78, 5) is 23.4. The molecule has 2 rings (SSSR count). The average Bonchev–Trinajstić information content (AvgIpc) is 2.89. The van der Waals surface area contributed by atoms with Gasteiger partial charge in [0.1, 0.15) is 0 Å². The quantitative estimate of drug-likeness (QED) is 0.652. The van der Waals surface area contributed by atoms with Crippen LogP contribution in [0.1, 0.15) is 36.0 Å². The Labute approximate surface area is 126 Å². The van der Waals surface area contributed by atoms with E-state index < -0.39 is 5.97 Å². The largest absolute Gasteiger partial charge is 0.452 e. The van der Waals surface area contributed by atoms with Gasteiger partial charge in [-0.2, -0.15) is 0 Å². The number of amides is 1. The fourth-order valence-electron chi connectivity index (χ4n) is 2.18. The summed E-state index contributed by atoms with van der Waals surface area (Å²) in [5, 5.41) is 2.88. The van der Waals surface area contributed by atoms with Crippen LogP contribution in [0.4, 0.5) is 0 Å². The average molecular weight is 373 g/mol. The number of benzene rings is 1. The van der Waals surface area contributed by atoms with Crippen molar-refractivity contribution in [1.82, 2.24) is 5.32 Å². The zero-order chi connectivity index (χ0) is 13.7. The van der Waals surface area contributed by atoms with Gasteiger partial charge in [-0.15, -0.1) is 0 Å². The van der Waals surface area contributed by atoms with E-state index in [1.54, 1.807) is 12.1 Å². The molecule has 0 unspecified atom stereocenters. The van der Waals surface area contributed by atoms with Crippen molar-refractivity contribution in [2.45, 2.75) is 31.7 Å². The number of hydrogen-bond acceptors (Lipinski definition) is 3. The number of carbonyl (C=O) groups excluding carboxylic acids is 2. The van der Waals surface area contributed by atoms with Crippen molar-refractivity contribution in [2.75, 3.05) is 6.61 Å². The third-order valence-electron chi connectivity index (χ3n) is 3.15. The number of halogens is 1. The first kappa shape index (κ1) is 14.3. The van der Waals surface area contributed by atoms with Crippen LogP contribution in [0, 0.1) is 3.57 Å². The number of nitrogens with one attached hydrogen (secondary N) is 1. The molecule has 1 saturated carbocycles. The molecule has 1 fully saturated rings. The van der Waals surface area contributed by atoms with Gasteiger partial charge in [0, 0.05) is 9.61 Å². The lowest BCUT2D eigenvalue weighted by atomic mass is 10.2. The first-order valence-corrected chi connectivity index (χ1v) is 7.45. The highest BCUT2D eigenvalue weighted by Gasteiger charge is 2.18. The molecule has 1 aromatic carbocycles. The van der Waals surface area contributed by atoms with E-state index in [9.17, 15) is 9.59 Å². The maximum atomic E-state index is 11.8. The van der Waals surface area contributed by atoms with Crippen molar-refractivity contribution in [3.63, 3.8) is 0 Å². The minimum Gasteiger partial charge on any atom is -0.452 e. The van der Waals surface area contributed by atoms with Crippen LogP contribution >= 0.6 is 22.6 Å².